The van der Waals surface area contributed by atoms with Crippen molar-refractivity contribution in [1.29, 1.82) is 0 Å². The molecule has 0 radical (unpaired) electrons. The van der Waals surface area contributed by atoms with Crippen LogP contribution in [0.3, 0.4) is 0 Å². The minimum atomic E-state index is 0.119. The second kappa shape index (κ2) is 6.90. The fourth-order valence-corrected chi connectivity index (χ4v) is 4.16. The normalized spacial score (nSPS) is 21.3. The zero-order valence-electron chi connectivity index (χ0n) is 14.5. The van der Waals surface area contributed by atoms with Crippen molar-refractivity contribution in [3.8, 4) is 0 Å². The number of nitrogens with zero attached hydrogens (tertiary/aromatic N) is 2. The monoisotopic (exact) mass is 339 g/mol. The topological polar surface area (TPSA) is 56.4 Å². The number of hydrogen-bond donors (Lipinski definition) is 1. The largest absolute Gasteiger partial charge is 0.361 e. The Morgan fingerprint density at radius 2 is 2.08 bits per heavy atom. The summed E-state index contributed by atoms with van der Waals surface area (Å²) in [5.41, 5.74) is 1.75. The lowest BCUT2D eigenvalue weighted by molar-refractivity contribution is -0.127. The third kappa shape index (κ3) is 3.28. The minimum Gasteiger partial charge on any atom is -0.361 e. The molecule has 0 saturated carbocycles. The molecule has 0 spiro atoms. The van der Waals surface area contributed by atoms with Crippen LogP contribution in [0.4, 0.5) is 0 Å². The molecule has 2 saturated heterocycles. The van der Waals surface area contributed by atoms with Crippen LogP contribution in [-0.2, 0) is 4.79 Å². The number of carbonyl (C=O) groups excluding carboxylic acids is 2. The number of carbonyl (C=O) groups is 2. The summed E-state index contributed by atoms with van der Waals surface area (Å²) in [4.78, 5) is 32.1. The zero-order chi connectivity index (χ0) is 17.2. The number of nitrogens with one attached hydrogen (secondary N) is 1. The van der Waals surface area contributed by atoms with Crippen molar-refractivity contribution in [2.75, 3.05) is 19.6 Å². The molecule has 2 amide bonds. The molecule has 1 aromatic heterocycles. The Bertz CT molecular complexity index is 782. The second-order valence-corrected chi connectivity index (χ2v) is 7.20. The molecule has 1 aromatic carbocycles. The summed E-state index contributed by atoms with van der Waals surface area (Å²) in [6.45, 7) is 2.48. The summed E-state index contributed by atoms with van der Waals surface area (Å²) in [6, 6.07) is 8.14. The van der Waals surface area contributed by atoms with Crippen molar-refractivity contribution in [1.82, 2.24) is 14.8 Å². The Labute approximate surface area is 148 Å². The van der Waals surface area contributed by atoms with Crippen LogP contribution in [0.5, 0.6) is 0 Å². The van der Waals surface area contributed by atoms with Crippen LogP contribution in [0.25, 0.3) is 10.9 Å². The maximum atomic E-state index is 13.1. The van der Waals surface area contributed by atoms with Crippen molar-refractivity contribution >= 4 is 22.7 Å². The van der Waals surface area contributed by atoms with Gasteiger partial charge in [-0.2, -0.15) is 0 Å². The highest BCUT2D eigenvalue weighted by Gasteiger charge is 2.29. The first kappa shape index (κ1) is 16.2. The van der Waals surface area contributed by atoms with Gasteiger partial charge in [0.25, 0.3) is 5.91 Å². The Kier molecular flexibility index (Phi) is 4.47. The van der Waals surface area contributed by atoms with Gasteiger partial charge in [0.05, 0.1) is 0 Å². The number of H-pyrrole nitrogens is 1. The van der Waals surface area contributed by atoms with E-state index in [1.165, 1.54) is 0 Å². The lowest BCUT2D eigenvalue weighted by Crippen LogP contribution is -2.45. The maximum Gasteiger partial charge on any atom is 0.254 e. The van der Waals surface area contributed by atoms with Crippen molar-refractivity contribution in [2.24, 2.45) is 0 Å². The van der Waals surface area contributed by atoms with Crippen molar-refractivity contribution in [3.05, 3.63) is 36.0 Å². The summed E-state index contributed by atoms with van der Waals surface area (Å²) in [7, 11) is 0. The summed E-state index contributed by atoms with van der Waals surface area (Å²) in [5.74, 6) is 0.389. The lowest BCUT2D eigenvalue weighted by Gasteiger charge is -2.36. The molecule has 25 heavy (non-hydrogen) atoms. The molecule has 5 heteroatoms. The molecule has 1 N–H and O–H groups in total. The first-order valence-corrected chi connectivity index (χ1v) is 9.38. The number of fused-ring (bicyclic) bond motifs is 1. The molecule has 2 aliphatic heterocycles. The highest BCUT2D eigenvalue weighted by atomic mass is 16.2. The van der Waals surface area contributed by atoms with Gasteiger partial charge in [0.2, 0.25) is 5.91 Å². The van der Waals surface area contributed by atoms with Gasteiger partial charge in [-0.15, -0.1) is 0 Å². The van der Waals surface area contributed by atoms with Gasteiger partial charge in [0.1, 0.15) is 0 Å². The molecule has 4 rings (SSSR count). The van der Waals surface area contributed by atoms with E-state index in [1.807, 2.05) is 40.3 Å². The fraction of sp³-hybridized carbons (Fsp3) is 0.500. The molecule has 3 heterocycles. The van der Waals surface area contributed by atoms with E-state index in [1.54, 1.807) is 0 Å². The van der Waals surface area contributed by atoms with Gasteiger partial charge < -0.3 is 14.8 Å². The number of aromatic nitrogens is 1. The summed E-state index contributed by atoms with van der Waals surface area (Å²) >= 11 is 0. The van der Waals surface area contributed by atoms with Crippen LogP contribution >= 0.6 is 0 Å². The summed E-state index contributed by atoms with van der Waals surface area (Å²) < 4.78 is 0. The van der Waals surface area contributed by atoms with E-state index in [0.717, 1.165) is 68.2 Å². The third-order valence-corrected chi connectivity index (χ3v) is 5.59. The van der Waals surface area contributed by atoms with E-state index < -0.39 is 0 Å². The van der Waals surface area contributed by atoms with E-state index in [2.05, 4.69) is 4.98 Å². The molecular formula is C20H25N3O2. The molecule has 5 nitrogen and oxygen atoms in total. The molecule has 1 unspecified atom stereocenters. The predicted octanol–water partition coefficient (Wildman–Crippen LogP) is 3.18. The molecule has 0 aliphatic carbocycles. The van der Waals surface area contributed by atoms with Crippen LogP contribution in [-0.4, -0.2) is 52.3 Å². The predicted molar refractivity (Wildman–Crippen MR) is 97.4 cm³/mol. The third-order valence-electron chi connectivity index (χ3n) is 5.59. The Balaban J connectivity index is 1.47. The van der Waals surface area contributed by atoms with Gasteiger partial charge in [0, 0.05) is 49.4 Å². The van der Waals surface area contributed by atoms with E-state index in [0.29, 0.717) is 6.42 Å². The Hall–Kier alpha value is -2.30. The van der Waals surface area contributed by atoms with Gasteiger partial charge in [-0.1, -0.05) is 6.07 Å². The summed E-state index contributed by atoms with van der Waals surface area (Å²) in [5, 5.41) is 1.12. The first-order chi connectivity index (χ1) is 12.2. The van der Waals surface area contributed by atoms with E-state index in [-0.39, 0.29) is 17.9 Å². The Morgan fingerprint density at radius 1 is 1.16 bits per heavy atom. The van der Waals surface area contributed by atoms with Crippen molar-refractivity contribution < 1.29 is 9.59 Å². The number of rotatable bonds is 4. The highest BCUT2D eigenvalue weighted by molar-refractivity contribution is 5.98. The van der Waals surface area contributed by atoms with Crippen molar-refractivity contribution in [3.63, 3.8) is 0 Å². The van der Waals surface area contributed by atoms with E-state index in [4.69, 9.17) is 0 Å². The van der Waals surface area contributed by atoms with Crippen LogP contribution in [0, 0.1) is 0 Å². The van der Waals surface area contributed by atoms with Crippen LogP contribution in [0.15, 0.2) is 30.5 Å². The minimum absolute atomic E-state index is 0.119. The Morgan fingerprint density at radius 3 is 2.92 bits per heavy atom. The van der Waals surface area contributed by atoms with Gasteiger partial charge in [-0.05, 0) is 55.7 Å². The lowest BCUT2D eigenvalue weighted by atomic mass is 9.97. The first-order valence-electron chi connectivity index (χ1n) is 9.38. The quantitative estimate of drug-likeness (QED) is 0.930. The van der Waals surface area contributed by atoms with Crippen LogP contribution in [0.1, 0.15) is 48.9 Å². The van der Waals surface area contributed by atoms with Gasteiger partial charge in [-0.3, -0.25) is 9.59 Å². The van der Waals surface area contributed by atoms with Gasteiger partial charge in [-0.25, -0.2) is 0 Å². The highest BCUT2D eigenvalue weighted by Crippen LogP contribution is 2.24. The maximum absolute atomic E-state index is 13.1. The number of amides is 2. The standard InChI is InChI=1S/C20H25N3O2/c24-19-5-3-11-22(19)13-9-17-4-1-2-12-23(17)20(25)16-7-6-15-8-10-21-18(15)14-16/h6-8,10,14,17,21H,1-5,9,11-13H2. The van der Waals surface area contributed by atoms with Crippen molar-refractivity contribution in [2.45, 2.75) is 44.6 Å². The molecular weight excluding hydrogens is 314 g/mol. The van der Waals surface area contributed by atoms with E-state index in [9.17, 15) is 9.59 Å². The fourth-order valence-electron chi connectivity index (χ4n) is 4.16. The number of hydrogen-bond acceptors (Lipinski definition) is 2. The van der Waals surface area contributed by atoms with Crippen LogP contribution in [0.2, 0.25) is 0 Å². The second-order valence-electron chi connectivity index (χ2n) is 7.20. The number of aromatic amines is 1. The number of likely N-dealkylation sites (tertiary alicyclic amines) is 2. The average molecular weight is 339 g/mol. The van der Waals surface area contributed by atoms with Gasteiger partial charge >= 0.3 is 0 Å². The SMILES string of the molecule is O=C1CCCN1CCC1CCCCN1C(=O)c1ccc2cc[nH]c2c1. The zero-order valence-corrected chi connectivity index (χ0v) is 14.5. The van der Waals surface area contributed by atoms with Gasteiger partial charge in [0.15, 0.2) is 0 Å². The summed E-state index contributed by atoms with van der Waals surface area (Å²) in [6.07, 6.45) is 7.72. The molecule has 1 atom stereocenters. The average Bonchev–Trinajstić information content (AvgIpc) is 3.27. The molecule has 132 valence electrons. The molecule has 2 aliphatic rings. The number of piperidine rings is 1. The number of benzene rings is 1. The molecule has 0 bridgehead atoms. The smallest absolute Gasteiger partial charge is 0.254 e. The molecule has 2 aromatic rings. The molecule has 2 fully saturated rings. The van der Waals surface area contributed by atoms with Crippen LogP contribution < -0.4 is 0 Å². The van der Waals surface area contributed by atoms with E-state index >= 15 is 0 Å².